The highest BCUT2D eigenvalue weighted by Gasteiger charge is 2.16. The van der Waals surface area contributed by atoms with Gasteiger partial charge in [0, 0.05) is 31.4 Å². The van der Waals surface area contributed by atoms with Gasteiger partial charge in [-0.15, -0.1) is 0 Å². The van der Waals surface area contributed by atoms with Crippen molar-refractivity contribution in [1.82, 2.24) is 0 Å². The third kappa shape index (κ3) is 3.16. The van der Waals surface area contributed by atoms with Gasteiger partial charge >= 0.3 is 0 Å². The van der Waals surface area contributed by atoms with Crippen LogP contribution in [0.15, 0.2) is 18.2 Å². The summed E-state index contributed by atoms with van der Waals surface area (Å²) in [4.78, 5) is 10.1. The summed E-state index contributed by atoms with van der Waals surface area (Å²) in [7, 11) is 0. The lowest BCUT2D eigenvalue weighted by Crippen LogP contribution is -2.20. The second kappa shape index (κ2) is 5.77. The average Bonchev–Trinajstić information content (AvgIpc) is 2.60. The molecule has 1 aromatic carbocycles. The van der Waals surface area contributed by atoms with Gasteiger partial charge in [-0.05, 0) is 25.3 Å². The lowest BCUT2D eigenvalue weighted by Gasteiger charge is -2.17. The quantitative estimate of drug-likeness (QED) is 0.665. The maximum absolute atomic E-state index is 13.6. The predicted octanol–water partition coefficient (Wildman–Crippen LogP) is 2.71. The Morgan fingerprint density at radius 1 is 1.39 bits per heavy atom. The fourth-order valence-corrected chi connectivity index (χ4v) is 2.01. The monoisotopic (exact) mass is 254 g/mol. The molecule has 1 aromatic rings. The van der Waals surface area contributed by atoms with Crippen LogP contribution in [-0.2, 0) is 4.74 Å². The van der Waals surface area contributed by atoms with E-state index in [1.165, 1.54) is 6.07 Å². The van der Waals surface area contributed by atoms with E-state index >= 15 is 0 Å². The van der Waals surface area contributed by atoms with Crippen LogP contribution in [0.5, 0.6) is 0 Å². The van der Waals surface area contributed by atoms with E-state index in [9.17, 15) is 14.5 Å². The summed E-state index contributed by atoms with van der Waals surface area (Å²) in [6.45, 7) is 1.35. The standard InChI is InChI=1S/C12H15FN2O3/c13-11-4-3-10(15(16)17)8-12(11)14-9-2-1-6-18-7-5-9/h3-4,8-9,14H,1-2,5-7H2. The SMILES string of the molecule is O=[N+]([O-])c1ccc(F)c(NC2CCCOCC2)c1. The first-order valence-electron chi connectivity index (χ1n) is 5.95. The molecule has 0 saturated carbocycles. The number of halogens is 1. The number of benzene rings is 1. The number of anilines is 1. The van der Waals surface area contributed by atoms with Gasteiger partial charge in [-0.3, -0.25) is 10.1 Å². The molecule has 1 aliphatic heterocycles. The molecule has 0 bridgehead atoms. The third-order valence-corrected chi connectivity index (χ3v) is 2.97. The lowest BCUT2D eigenvalue weighted by atomic mass is 10.1. The molecular weight excluding hydrogens is 239 g/mol. The number of rotatable bonds is 3. The Kier molecular flexibility index (Phi) is 4.09. The van der Waals surface area contributed by atoms with Crippen LogP contribution in [0, 0.1) is 15.9 Å². The Balaban J connectivity index is 2.11. The summed E-state index contributed by atoms with van der Waals surface area (Å²) in [5.74, 6) is -0.467. The fraction of sp³-hybridized carbons (Fsp3) is 0.500. The Labute approximate surface area is 104 Å². The zero-order chi connectivity index (χ0) is 13.0. The molecule has 0 radical (unpaired) electrons. The van der Waals surface area contributed by atoms with Crippen LogP contribution in [0.4, 0.5) is 15.8 Å². The number of ether oxygens (including phenoxy) is 1. The zero-order valence-corrected chi connectivity index (χ0v) is 9.89. The van der Waals surface area contributed by atoms with E-state index in [1.807, 2.05) is 0 Å². The van der Waals surface area contributed by atoms with E-state index in [2.05, 4.69) is 5.32 Å². The van der Waals surface area contributed by atoms with Gasteiger partial charge in [-0.2, -0.15) is 0 Å². The molecule has 18 heavy (non-hydrogen) atoms. The van der Waals surface area contributed by atoms with Gasteiger partial charge in [0.2, 0.25) is 0 Å². The normalized spacial score (nSPS) is 20.2. The van der Waals surface area contributed by atoms with Gasteiger partial charge in [0.1, 0.15) is 5.82 Å². The summed E-state index contributed by atoms with van der Waals surface area (Å²) in [5, 5.41) is 13.7. The minimum atomic E-state index is -0.527. The molecule has 1 atom stereocenters. The molecule has 98 valence electrons. The Hall–Kier alpha value is -1.69. The first kappa shape index (κ1) is 12.8. The van der Waals surface area contributed by atoms with E-state index < -0.39 is 10.7 Å². The Morgan fingerprint density at radius 3 is 3.00 bits per heavy atom. The second-order valence-electron chi connectivity index (χ2n) is 4.31. The van der Waals surface area contributed by atoms with Crippen molar-refractivity contribution in [2.45, 2.75) is 25.3 Å². The van der Waals surface area contributed by atoms with E-state index in [-0.39, 0.29) is 17.4 Å². The Bertz CT molecular complexity index is 431. The van der Waals surface area contributed by atoms with E-state index in [4.69, 9.17) is 4.74 Å². The highest BCUT2D eigenvalue weighted by atomic mass is 19.1. The second-order valence-corrected chi connectivity index (χ2v) is 4.31. The number of non-ortho nitro benzene ring substituents is 1. The van der Waals surface area contributed by atoms with Crippen molar-refractivity contribution in [3.8, 4) is 0 Å². The summed E-state index contributed by atoms with van der Waals surface area (Å²) < 4.78 is 18.9. The van der Waals surface area contributed by atoms with Crippen molar-refractivity contribution in [2.75, 3.05) is 18.5 Å². The van der Waals surface area contributed by atoms with Gasteiger partial charge in [0.25, 0.3) is 5.69 Å². The molecule has 1 fully saturated rings. The van der Waals surface area contributed by atoms with Crippen LogP contribution in [0.2, 0.25) is 0 Å². The molecule has 0 amide bonds. The summed E-state index contributed by atoms with van der Waals surface area (Å²) in [6, 6.07) is 3.62. The van der Waals surface area contributed by atoms with E-state index in [0.717, 1.165) is 38.0 Å². The molecule has 2 rings (SSSR count). The topological polar surface area (TPSA) is 64.4 Å². The zero-order valence-electron chi connectivity index (χ0n) is 9.89. The van der Waals surface area contributed by atoms with Gasteiger partial charge in [-0.25, -0.2) is 4.39 Å². The Morgan fingerprint density at radius 2 is 2.22 bits per heavy atom. The van der Waals surface area contributed by atoms with Crippen LogP contribution in [0.25, 0.3) is 0 Å². The van der Waals surface area contributed by atoms with Crippen molar-refractivity contribution < 1.29 is 14.1 Å². The third-order valence-electron chi connectivity index (χ3n) is 2.97. The molecule has 0 aromatic heterocycles. The molecule has 1 N–H and O–H groups in total. The number of nitrogens with zero attached hydrogens (tertiary/aromatic N) is 1. The smallest absolute Gasteiger partial charge is 0.271 e. The van der Waals surface area contributed by atoms with E-state index in [1.54, 1.807) is 0 Å². The highest BCUT2D eigenvalue weighted by molar-refractivity contribution is 5.52. The minimum absolute atomic E-state index is 0.101. The first-order chi connectivity index (χ1) is 8.66. The van der Waals surface area contributed by atoms with Crippen molar-refractivity contribution in [1.29, 1.82) is 0 Å². The predicted molar refractivity (Wildman–Crippen MR) is 65.1 cm³/mol. The summed E-state index contributed by atoms with van der Waals surface area (Å²) in [6.07, 6.45) is 2.57. The molecule has 5 nitrogen and oxygen atoms in total. The fourth-order valence-electron chi connectivity index (χ4n) is 2.01. The van der Waals surface area contributed by atoms with Crippen molar-refractivity contribution in [2.24, 2.45) is 0 Å². The van der Waals surface area contributed by atoms with Crippen molar-refractivity contribution in [3.63, 3.8) is 0 Å². The van der Waals surface area contributed by atoms with Crippen LogP contribution >= 0.6 is 0 Å². The number of nitrogens with one attached hydrogen (secondary N) is 1. The molecule has 1 heterocycles. The summed E-state index contributed by atoms with van der Waals surface area (Å²) >= 11 is 0. The number of hydrogen-bond donors (Lipinski definition) is 1. The molecule has 1 unspecified atom stereocenters. The van der Waals surface area contributed by atoms with Crippen molar-refractivity contribution >= 4 is 11.4 Å². The summed E-state index contributed by atoms with van der Waals surface area (Å²) in [5.41, 5.74) is 0.0832. The maximum Gasteiger partial charge on any atom is 0.271 e. The van der Waals surface area contributed by atoms with Crippen LogP contribution in [-0.4, -0.2) is 24.2 Å². The average molecular weight is 254 g/mol. The van der Waals surface area contributed by atoms with Crippen molar-refractivity contribution in [3.05, 3.63) is 34.1 Å². The molecule has 0 spiro atoms. The van der Waals surface area contributed by atoms with E-state index in [0.29, 0.717) is 6.61 Å². The first-order valence-corrected chi connectivity index (χ1v) is 5.95. The highest BCUT2D eigenvalue weighted by Crippen LogP contribution is 2.23. The van der Waals surface area contributed by atoms with Gasteiger partial charge in [-0.1, -0.05) is 0 Å². The van der Waals surface area contributed by atoms with Crippen LogP contribution < -0.4 is 5.32 Å². The molecule has 6 heteroatoms. The number of nitro groups is 1. The molecule has 1 aliphatic rings. The van der Waals surface area contributed by atoms with Gasteiger partial charge in [0.05, 0.1) is 10.6 Å². The molecule has 1 saturated heterocycles. The minimum Gasteiger partial charge on any atom is -0.381 e. The lowest BCUT2D eigenvalue weighted by molar-refractivity contribution is -0.384. The van der Waals surface area contributed by atoms with Gasteiger partial charge < -0.3 is 10.1 Å². The molecular formula is C12H15FN2O3. The molecule has 0 aliphatic carbocycles. The largest absolute Gasteiger partial charge is 0.381 e. The maximum atomic E-state index is 13.6. The van der Waals surface area contributed by atoms with Crippen LogP contribution in [0.1, 0.15) is 19.3 Å². The van der Waals surface area contributed by atoms with Gasteiger partial charge in [0.15, 0.2) is 0 Å². The number of hydrogen-bond acceptors (Lipinski definition) is 4. The van der Waals surface area contributed by atoms with Crippen LogP contribution in [0.3, 0.4) is 0 Å². The number of nitro benzene ring substituents is 1.